The number of fused-ring (bicyclic) bond motifs is 1. The zero-order chi connectivity index (χ0) is 21.1. The molecule has 1 unspecified atom stereocenters. The molecule has 0 radical (unpaired) electrons. The normalized spacial score (nSPS) is 18.0. The van der Waals surface area contributed by atoms with Crippen LogP contribution in [0.2, 0.25) is 0 Å². The molecule has 8 heteroatoms. The minimum absolute atomic E-state index is 0.0524. The lowest BCUT2D eigenvalue weighted by Crippen LogP contribution is -2.55. The summed E-state index contributed by atoms with van der Waals surface area (Å²) in [7, 11) is 1.64. The summed E-state index contributed by atoms with van der Waals surface area (Å²) in [6, 6.07) is 13.3. The van der Waals surface area contributed by atoms with Crippen molar-refractivity contribution in [2.75, 3.05) is 45.2 Å². The number of carbonyl (C=O) groups is 1. The van der Waals surface area contributed by atoms with Gasteiger partial charge in [0.15, 0.2) is 16.6 Å². The molecule has 0 bridgehead atoms. The van der Waals surface area contributed by atoms with E-state index >= 15 is 0 Å². The number of para-hydroxylation sites is 2. The van der Waals surface area contributed by atoms with Gasteiger partial charge in [0.25, 0.3) is 5.91 Å². The monoisotopic (exact) mass is 427 g/mol. The van der Waals surface area contributed by atoms with E-state index in [2.05, 4.69) is 10.2 Å². The van der Waals surface area contributed by atoms with Crippen LogP contribution in [0.5, 0.6) is 17.2 Å². The number of nitrogens with one attached hydrogen (secondary N) is 1. The molecular weight excluding hydrogens is 402 g/mol. The number of methoxy groups -OCH3 is 1. The van der Waals surface area contributed by atoms with Gasteiger partial charge in [0.2, 0.25) is 6.10 Å². The fraction of sp³-hybridized carbons (Fsp3) is 0.364. The number of piperazine rings is 1. The first-order valence-corrected chi connectivity index (χ1v) is 10.3. The highest BCUT2D eigenvalue weighted by Crippen LogP contribution is 2.31. The van der Waals surface area contributed by atoms with Gasteiger partial charge in [-0.1, -0.05) is 18.2 Å². The number of thiocarbonyl (C=S) groups is 1. The molecule has 0 aliphatic carbocycles. The largest absolute Gasteiger partial charge is 0.495 e. The van der Waals surface area contributed by atoms with E-state index in [0.29, 0.717) is 42.8 Å². The van der Waals surface area contributed by atoms with Crippen LogP contribution in [-0.4, -0.2) is 66.8 Å². The predicted molar refractivity (Wildman–Crippen MR) is 118 cm³/mol. The maximum absolute atomic E-state index is 12.9. The van der Waals surface area contributed by atoms with Gasteiger partial charge in [0, 0.05) is 26.2 Å². The Morgan fingerprint density at radius 1 is 1.10 bits per heavy atom. The Kier molecular flexibility index (Phi) is 5.94. The molecule has 30 heavy (non-hydrogen) atoms. The zero-order valence-electron chi connectivity index (χ0n) is 17.1. The maximum atomic E-state index is 12.9. The standard InChI is InChI=1S/C22H25N3O4S/c1-15-7-8-17(27-2)16(13-15)23-22(30)25-11-9-24(10-12-25)21(26)20-14-28-18-5-3-4-6-19(18)29-20/h3-8,13,20H,9-12,14H2,1-2H3,(H,23,30). The number of hydrogen-bond donors (Lipinski definition) is 1. The van der Waals surface area contributed by atoms with Crippen LogP contribution in [0.15, 0.2) is 42.5 Å². The number of amides is 1. The van der Waals surface area contributed by atoms with Crippen LogP contribution in [0.4, 0.5) is 5.69 Å². The molecule has 4 rings (SSSR count). The third-order valence-corrected chi connectivity index (χ3v) is 5.62. The quantitative estimate of drug-likeness (QED) is 0.756. The van der Waals surface area contributed by atoms with Crippen molar-refractivity contribution in [1.29, 1.82) is 0 Å². The SMILES string of the molecule is COc1ccc(C)cc1NC(=S)N1CCN(C(=O)C2COc3ccccc3O2)CC1. The molecule has 0 saturated carbocycles. The van der Waals surface area contributed by atoms with E-state index < -0.39 is 6.10 Å². The van der Waals surface area contributed by atoms with Gasteiger partial charge in [-0.05, 0) is 49.0 Å². The third-order valence-electron chi connectivity index (χ3n) is 5.26. The summed E-state index contributed by atoms with van der Waals surface area (Å²) < 4.78 is 16.9. The second-order valence-corrected chi connectivity index (χ2v) is 7.70. The summed E-state index contributed by atoms with van der Waals surface area (Å²) in [5, 5.41) is 3.90. The molecule has 1 atom stereocenters. The Morgan fingerprint density at radius 3 is 2.53 bits per heavy atom. The Bertz CT molecular complexity index is 944. The van der Waals surface area contributed by atoms with E-state index in [4.69, 9.17) is 26.4 Å². The van der Waals surface area contributed by atoms with Gasteiger partial charge in [-0.15, -0.1) is 0 Å². The van der Waals surface area contributed by atoms with Crippen LogP contribution < -0.4 is 19.5 Å². The molecule has 1 N–H and O–H groups in total. The third kappa shape index (κ3) is 4.28. The number of hydrogen-bond acceptors (Lipinski definition) is 5. The van der Waals surface area contributed by atoms with Crippen molar-refractivity contribution in [2.45, 2.75) is 13.0 Å². The van der Waals surface area contributed by atoms with Gasteiger partial charge in [0.05, 0.1) is 12.8 Å². The Balaban J connectivity index is 1.32. The molecule has 158 valence electrons. The number of ether oxygens (including phenoxy) is 3. The summed E-state index contributed by atoms with van der Waals surface area (Å²) in [4.78, 5) is 16.8. The molecule has 1 amide bonds. The number of carbonyl (C=O) groups excluding carboxylic acids is 1. The minimum Gasteiger partial charge on any atom is -0.495 e. The highest BCUT2D eigenvalue weighted by atomic mass is 32.1. The lowest BCUT2D eigenvalue weighted by Gasteiger charge is -2.38. The summed E-state index contributed by atoms with van der Waals surface area (Å²) in [5.41, 5.74) is 1.96. The first kappa shape index (κ1) is 20.3. The van der Waals surface area contributed by atoms with Crippen LogP contribution in [0.3, 0.4) is 0 Å². The average Bonchev–Trinajstić information content (AvgIpc) is 2.78. The molecule has 0 spiro atoms. The van der Waals surface area contributed by atoms with E-state index in [1.165, 1.54) is 0 Å². The first-order valence-electron chi connectivity index (χ1n) is 9.93. The van der Waals surface area contributed by atoms with Crippen molar-refractivity contribution in [1.82, 2.24) is 9.80 Å². The molecule has 0 aromatic heterocycles. The fourth-order valence-corrected chi connectivity index (χ4v) is 3.88. The summed E-state index contributed by atoms with van der Waals surface area (Å²) in [6.45, 7) is 4.70. The molecule has 2 aromatic rings. The minimum atomic E-state index is -0.618. The number of rotatable bonds is 3. The Labute approximate surface area is 181 Å². The number of anilines is 1. The van der Waals surface area contributed by atoms with Crippen LogP contribution in [0.1, 0.15) is 5.56 Å². The van der Waals surface area contributed by atoms with E-state index in [-0.39, 0.29) is 12.5 Å². The molecule has 1 fully saturated rings. The van der Waals surface area contributed by atoms with Crippen LogP contribution in [-0.2, 0) is 4.79 Å². The second kappa shape index (κ2) is 8.79. The fourth-order valence-electron chi connectivity index (χ4n) is 3.59. The molecule has 2 aliphatic rings. The zero-order valence-corrected chi connectivity index (χ0v) is 17.9. The second-order valence-electron chi connectivity index (χ2n) is 7.31. The Morgan fingerprint density at radius 2 is 1.80 bits per heavy atom. The lowest BCUT2D eigenvalue weighted by molar-refractivity contribution is -0.142. The number of nitrogens with zero attached hydrogens (tertiary/aromatic N) is 2. The van der Waals surface area contributed by atoms with Gasteiger partial charge in [-0.3, -0.25) is 4.79 Å². The maximum Gasteiger partial charge on any atom is 0.267 e. The lowest BCUT2D eigenvalue weighted by atomic mass is 10.2. The van der Waals surface area contributed by atoms with Crippen molar-refractivity contribution in [3.05, 3.63) is 48.0 Å². The van der Waals surface area contributed by atoms with Crippen molar-refractivity contribution in [2.24, 2.45) is 0 Å². The first-order chi connectivity index (χ1) is 14.5. The molecule has 2 heterocycles. The van der Waals surface area contributed by atoms with E-state index in [1.807, 2.05) is 54.3 Å². The molecule has 1 saturated heterocycles. The van der Waals surface area contributed by atoms with Crippen molar-refractivity contribution in [3.8, 4) is 17.2 Å². The van der Waals surface area contributed by atoms with Gasteiger partial charge in [-0.2, -0.15) is 0 Å². The van der Waals surface area contributed by atoms with E-state index in [0.717, 1.165) is 17.0 Å². The van der Waals surface area contributed by atoms with Gasteiger partial charge in [0.1, 0.15) is 12.4 Å². The smallest absolute Gasteiger partial charge is 0.267 e. The van der Waals surface area contributed by atoms with Gasteiger partial charge >= 0.3 is 0 Å². The summed E-state index contributed by atoms with van der Waals surface area (Å²) in [6.07, 6.45) is -0.618. The molecular formula is C22H25N3O4S. The summed E-state index contributed by atoms with van der Waals surface area (Å²) >= 11 is 5.59. The molecule has 2 aliphatic heterocycles. The predicted octanol–water partition coefficient (Wildman–Crippen LogP) is 2.68. The van der Waals surface area contributed by atoms with E-state index in [1.54, 1.807) is 7.11 Å². The topological polar surface area (TPSA) is 63.3 Å². The van der Waals surface area contributed by atoms with Crippen LogP contribution in [0, 0.1) is 6.92 Å². The van der Waals surface area contributed by atoms with Crippen molar-refractivity contribution in [3.63, 3.8) is 0 Å². The van der Waals surface area contributed by atoms with Crippen LogP contribution in [0.25, 0.3) is 0 Å². The summed E-state index contributed by atoms with van der Waals surface area (Å²) in [5.74, 6) is 1.97. The van der Waals surface area contributed by atoms with Gasteiger partial charge < -0.3 is 29.3 Å². The van der Waals surface area contributed by atoms with Gasteiger partial charge in [-0.25, -0.2) is 0 Å². The van der Waals surface area contributed by atoms with Crippen LogP contribution >= 0.6 is 12.2 Å². The highest BCUT2D eigenvalue weighted by molar-refractivity contribution is 7.80. The molecule has 7 nitrogen and oxygen atoms in total. The number of benzene rings is 2. The number of aryl methyl sites for hydroxylation is 1. The Hall–Kier alpha value is -3.00. The average molecular weight is 428 g/mol. The molecule has 2 aromatic carbocycles. The van der Waals surface area contributed by atoms with Crippen molar-refractivity contribution < 1.29 is 19.0 Å². The van der Waals surface area contributed by atoms with Crippen molar-refractivity contribution >= 4 is 28.9 Å². The highest BCUT2D eigenvalue weighted by Gasteiger charge is 2.33. The van der Waals surface area contributed by atoms with E-state index in [9.17, 15) is 4.79 Å².